The van der Waals surface area contributed by atoms with E-state index in [9.17, 15) is 4.79 Å². The van der Waals surface area contributed by atoms with Crippen LogP contribution in [0.3, 0.4) is 0 Å². The molecular weight excluding hydrogens is 368 g/mol. The number of carbonyl (C=O) groups excluding carboxylic acids is 1. The number of rotatable bonds is 3. The number of ether oxygens (including phenoxy) is 1. The van der Waals surface area contributed by atoms with E-state index in [0.717, 1.165) is 65.6 Å². The van der Waals surface area contributed by atoms with Gasteiger partial charge in [-0.3, -0.25) is 4.79 Å². The second-order valence-corrected chi connectivity index (χ2v) is 12.2. The highest BCUT2D eigenvalue weighted by Crippen LogP contribution is 2.89. The zero-order chi connectivity index (χ0) is 19.5. The molecule has 2 heteroatoms. The van der Waals surface area contributed by atoms with Gasteiger partial charge in [0.1, 0.15) is 0 Å². The Labute approximate surface area is 178 Å². The van der Waals surface area contributed by atoms with Gasteiger partial charge in [-0.1, -0.05) is 41.5 Å². The van der Waals surface area contributed by atoms with Crippen LogP contribution >= 0.6 is 0 Å². The summed E-state index contributed by atoms with van der Waals surface area (Å²) in [5.41, 5.74) is 5.07. The number of hydrogen-bond donors (Lipinski definition) is 0. The first kappa shape index (κ1) is 16.1. The minimum atomic E-state index is -0.259. The van der Waals surface area contributed by atoms with Crippen LogP contribution in [0.2, 0.25) is 0 Å². The van der Waals surface area contributed by atoms with Gasteiger partial charge in [0.15, 0.2) is 0 Å². The van der Waals surface area contributed by atoms with Crippen LogP contribution in [0.1, 0.15) is 31.2 Å². The molecule has 154 valence electrons. The lowest BCUT2D eigenvalue weighted by Gasteiger charge is -2.42. The van der Waals surface area contributed by atoms with Gasteiger partial charge in [-0.05, 0) is 109 Å². The monoisotopic (exact) mass is 398 g/mol. The van der Waals surface area contributed by atoms with Gasteiger partial charge in [-0.15, -0.1) is 0 Å². The van der Waals surface area contributed by atoms with Crippen molar-refractivity contribution >= 4 is 5.97 Å². The molecule has 0 unspecified atom stereocenters. The first-order chi connectivity index (χ1) is 14.8. The molecule has 13 atom stereocenters. The predicted molar refractivity (Wildman–Crippen MR) is 112 cm³/mol. The molecule has 8 aliphatic rings. The van der Waals surface area contributed by atoms with Gasteiger partial charge in [0.25, 0.3) is 0 Å². The summed E-state index contributed by atoms with van der Waals surface area (Å²) >= 11 is 0. The third-order valence-corrected chi connectivity index (χ3v) is 12.4. The maximum Gasteiger partial charge on any atom is 0.312 e. The van der Waals surface area contributed by atoms with Gasteiger partial charge in [-0.2, -0.15) is 0 Å². The van der Waals surface area contributed by atoms with Crippen LogP contribution in [-0.2, 0) is 16.0 Å². The molecular formula is C28H30O2. The van der Waals surface area contributed by atoms with Crippen LogP contribution in [-0.4, -0.2) is 13.1 Å². The summed E-state index contributed by atoms with van der Waals surface area (Å²) in [6, 6.07) is 11.0. The number of fused-ring (bicyclic) bond motifs is 3. The van der Waals surface area contributed by atoms with Crippen LogP contribution in [0.25, 0.3) is 0 Å². The van der Waals surface area contributed by atoms with Crippen LogP contribution in [0.5, 0.6) is 0 Å². The van der Waals surface area contributed by atoms with Crippen molar-refractivity contribution in [3.63, 3.8) is 0 Å². The Kier molecular flexibility index (Phi) is 2.56. The normalized spacial score (nSPS) is 58.6. The van der Waals surface area contributed by atoms with E-state index in [-0.39, 0.29) is 11.4 Å². The minimum absolute atomic E-state index is 0.161. The fraction of sp³-hybridized carbons (Fsp3) is 0.679. The van der Waals surface area contributed by atoms with Crippen molar-refractivity contribution in [1.29, 1.82) is 0 Å². The molecule has 0 N–H and O–H groups in total. The number of allylic oxidation sites excluding steroid dienone is 2. The van der Waals surface area contributed by atoms with Crippen molar-refractivity contribution in [2.75, 3.05) is 7.11 Å². The van der Waals surface area contributed by atoms with E-state index in [1.165, 1.54) is 31.2 Å². The number of benzene rings is 1. The van der Waals surface area contributed by atoms with Crippen molar-refractivity contribution < 1.29 is 9.53 Å². The predicted octanol–water partition coefficient (Wildman–Crippen LogP) is 4.75. The molecule has 0 bridgehead atoms. The van der Waals surface area contributed by atoms with Crippen molar-refractivity contribution in [2.24, 2.45) is 76.4 Å². The molecule has 0 aromatic heterocycles. The van der Waals surface area contributed by atoms with Crippen LogP contribution in [0.15, 0.2) is 41.5 Å². The van der Waals surface area contributed by atoms with Gasteiger partial charge in [0.05, 0.1) is 12.5 Å². The average molecular weight is 399 g/mol. The molecule has 1 aromatic rings. The SMILES string of the molecule is COC(=O)[C@]1(Cc2ccccc2)[C@@H]2[C@@H]3CCC4=C5[C@H]6[C@H]([C@@H]43)[C@@H]2[C@@H]2[C@@H]6[C@H]3[C@@H](CC[C@@H]53)[C@@H]21. The van der Waals surface area contributed by atoms with Gasteiger partial charge >= 0.3 is 5.97 Å². The van der Waals surface area contributed by atoms with Crippen LogP contribution < -0.4 is 0 Å². The summed E-state index contributed by atoms with van der Waals surface area (Å²) in [5.74, 6) is 10.0. The highest BCUT2D eigenvalue weighted by atomic mass is 16.5. The first-order valence-corrected chi connectivity index (χ1v) is 12.6. The maximum atomic E-state index is 14.0. The van der Waals surface area contributed by atoms with Crippen LogP contribution in [0.4, 0.5) is 0 Å². The van der Waals surface area contributed by atoms with Gasteiger partial charge in [0, 0.05) is 0 Å². The number of hydrogen-bond acceptors (Lipinski definition) is 2. The second-order valence-electron chi connectivity index (χ2n) is 12.2. The smallest absolute Gasteiger partial charge is 0.312 e. The molecule has 0 saturated heterocycles. The topological polar surface area (TPSA) is 26.3 Å². The summed E-state index contributed by atoms with van der Waals surface area (Å²) < 4.78 is 5.77. The number of esters is 1. The molecule has 2 nitrogen and oxygen atoms in total. The number of methoxy groups -OCH3 is 1. The standard InChI is InChI=1S/C28H30O2/c1-30-27(29)28(11-12-5-3-2-4-6-12)25-15-9-7-13-17-14-8-10-16-19(14)22-20(17)21(18(13)15)23(25)24(22)26(16)28/h2-6,13,15-16,18-26H,7-11H2,1H3/t13-,15+,16+,18+,19-,20+,21+,22-,23-,24+,25-,26+,28-/m0/s1. The van der Waals surface area contributed by atoms with Crippen molar-refractivity contribution in [3.8, 4) is 0 Å². The summed E-state index contributed by atoms with van der Waals surface area (Å²) in [5, 5.41) is 0. The molecule has 0 radical (unpaired) electrons. The quantitative estimate of drug-likeness (QED) is 0.543. The molecule has 7 fully saturated rings. The lowest BCUT2D eigenvalue weighted by molar-refractivity contribution is -0.162. The Morgan fingerprint density at radius 3 is 2.57 bits per heavy atom. The Morgan fingerprint density at radius 1 is 0.933 bits per heavy atom. The molecule has 0 heterocycles. The Bertz CT molecular complexity index is 1040. The Morgan fingerprint density at radius 2 is 1.73 bits per heavy atom. The third kappa shape index (κ3) is 1.33. The fourth-order valence-corrected chi connectivity index (χ4v) is 12.8. The van der Waals surface area contributed by atoms with E-state index in [0.29, 0.717) is 11.8 Å². The molecule has 9 rings (SSSR count). The first-order valence-electron chi connectivity index (χ1n) is 12.6. The van der Waals surface area contributed by atoms with Crippen molar-refractivity contribution in [2.45, 2.75) is 32.1 Å². The minimum Gasteiger partial charge on any atom is -0.469 e. The lowest BCUT2D eigenvalue weighted by atomic mass is 9.60. The maximum absolute atomic E-state index is 14.0. The van der Waals surface area contributed by atoms with E-state index >= 15 is 0 Å². The van der Waals surface area contributed by atoms with E-state index in [4.69, 9.17) is 4.74 Å². The number of carbonyl (C=O) groups is 1. The van der Waals surface area contributed by atoms with E-state index in [1.54, 1.807) is 7.11 Å². The fourth-order valence-electron chi connectivity index (χ4n) is 12.8. The van der Waals surface area contributed by atoms with Crippen molar-refractivity contribution in [3.05, 3.63) is 47.0 Å². The highest BCUT2D eigenvalue weighted by Gasteiger charge is 2.86. The summed E-state index contributed by atoms with van der Waals surface area (Å²) in [7, 11) is 1.67. The zero-order valence-electron chi connectivity index (χ0n) is 17.7. The van der Waals surface area contributed by atoms with Gasteiger partial charge in [0.2, 0.25) is 0 Å². The van der Waals surface area contributed by atoms with Gasteiger partial charge in [-0.25, -0.2) is 0 Å². The second kappa shape index (κ2) is 4.76. The summed E-state index contributed by atoms with van der Waals surface area (Å²) in [6.07, 6.45) is 6.44. The molecule has 7 saturated carbocycles. The molecule has 0 aliphatic heterocycles. The molecule has 0 spiro atoms. The lowest BCUT2D eigenvalue weighted by Crippen LogP contribution is -2.48. The van der Waals surface area contributed by atoms with Crippen molar-refractivity contribution in [1.82, 2.24) is 0 Å². The largest absolute Gasteiger partial charge is 0.469 e. The molecule has 8 aliphatic carbocycles. The average Bonchev–Trinajstić information content (AvgIpc) is 3.53. The molecule has 0 amide bonds. The Balaban J connectivity index is 1.34. The van der Waals surface area contributed by atoms with E-state index in [2.05, 4.69) is 30.3 Å². The summed E-state index contributed by atoms with van der Waals surface area (Å²) in [6.45, 7) is 0. The van der Waals surface area contributed by atoms with E-state index < -0.39 is 0 Å². The zero-order valence-corrected chi connectivity index (χ0v) is 17.7. The Hall–Kier alpha value is -1.57. The molecule has 1 aromatic carbocycles. The highest BCUT2D eigenvalue weighted by molar-refractivity contribution is 5.80. The van der Waals surface area contributed by atoms with Crippen LogP contribution in [0, 0.1) is 76.4 Å². The molecule has 30 heavy (non-hydrogen) atoms. The van der Waals surface area contributed by atoms with E-state index in [1.807, 2.05) is 11.1 Å². The van der Waals surface area contributed by atoms with Gasteiger partial charge < -0.3 is 4.74 Å². The summed E-state index contributed by atoms with van der Waals surface area (Å²) in [4.78, 5) is 14.0. The third-order valence-electron chi connectivity index (χ3n) is 12.4.